The van der Waals surface area contributed by atoms with Gasteiger partial charge in [0.25, 0.3) is 0 Å². The first kappa shape index (κ1) is 12.9. The quantitative estimate of drug-likeness (QED) is 0.728. The van der Waals surface area contributed by atoms with Gasteiger partial charge in [0.1, 0.15) is 5.78 Å². The first-order valence-corrected chi connectivity index (χ1v) is 5.56. The summed E-state index contributed by atoms with van der Waals surface area (Å²) < 4.78 is 0. The molecule has 0 unspecified atom stereocenters. The second-order valence-electron chi connectivity index (χ2n) is 3.85. The SMILES string of the molecule is O=C(Cc1ccccc1)C(CCO)CCO. The second kappa shape index (κ2) is 7.14. The van der Waals surface area contributed by atoms with Crippen LogP contribution in [-0.4, -0.2) is 29.2 Å². The van der Waals surface area contributed by atoms with E-state index in [1.807, 2.05) is 30.3 Å². The smallest absolute Gasteiger partial charge is 0.140 e. The first-order chi connectivity index (χ1) is 7.77. The highest BCUT2D eigenvalue weighted by atomic mass is 16.3. The van der Waals surface area contributed by atoms with Crippen LogP contribution in [0.1, 0.15) is 18.4 Å². The van der Waals surface area contributed by atoms with Crippen molar-refractivity contribution >= 4 is 5.78 Å². The highest BCUT2D eigenvalue weighted by molar-refractivity contribution is 5.83. The minimum absolute atomic E-state index is 0.00873. The molecule has 2 N–H and O–H groups in total. The number of carbonyl (C=O) groups is 1. The molecule has 0 aliphatic heterocycles. The summed E-state index contributed by atoms with van der Waals surface area (Å²) in [5.74, 6) is -0.135. The molecule has 0 amide bonds. The fraction of sp³-hybridized carbons (Fsp3) is 0.462. The van der Waals surface area contributed by atoms with Crippen molar-refractivity contribution in [2.45, 2.75) is 19.3 Å². The molecule has 16 heavy (non-hydrogen) atoms. The minimum atomic E-state index is -0.227. The van der Waals surface area contributed by atoms with Gasteiger partial charge in [-0.15, -0.1) is 0 Å². The number of carbonyl (C=O) groups excluding carboxylic acids is 1. The maximum absolute atomic E-state index is 11.9. The largest absolute Gasteiger partial charge is 0.396 e. The summed E-state index contributed by atoms with van der Waals surface area (Å²) >= 11 is 0. The maximum Gasteiger partial charge on any atom is 0.140 e. The van der Waals surface area contributed by atoms with Gasteiger partial charge in [0, 0.05) is 25.6 Å². The van der Waals surface area contributed by atoms with E-state index in [2.05, 4.69) is 0 Å². The Morgan fingerprint density at radius 2 is 1.62 bits per heavy atom. The monoisotopic (exact) mass is 222 g/mol. The molecule has 0 atom stereocenters. The second-order valence-corrected chi connectivity index (χ2v) is 3.85. The van der Waals surface area contributed by atoms with Crippen molar-refractivity contribution in [1.82, 2.24) is 0 Å². The van der Waals surface area contributed by atoms with Gasteiger partial charge in [-0.05, 0) is 18.4 Å². The van der Waals surface area contributed by atoms with Gasteiger partial charge in [-0.3, -0.25) is 4.79 Å². The van der Waals surface area contributed by atoms with Gasteiger partial charge in [-0.1, -0.05) is 30.3 Å². The van der Waals surface area contributed by atoms with Crippen LogP contribution in [0.25, 0.3) is 0 Å². The van der Waals surface area contributed by atoms with E-state index in [-0.39, 0.29) is 24.9 Å². The Morgan fingerprint density at radius 3 is 2.12 bits per heavy atom. The lowest BCUT2D eigenvalue weighted by atomic mass is 9.93. The zero-order valence-electron chi connectivity index (χ0n) is 9.30. The molecule has 0 aliphatic rings. The normalized spacial score (nSPS) is 10.7. The third-order valence-corrected chi connectivity index (χ3v) is 2.63. The van der Waals surface area contributed by atoms with Gasteiger partial charge >= 0.3 is 0 Å². The average molecular weight is 222 g/mol. The Hall–Kier alpha value is -1.19. The molecule has 1 rings (SSSR count). The van der Waals surface area contributed by atoms with Crippen LogP contribution in [0.3, 0.4) is 0 Å². The van der Waals surface area contributed by atoms with Crippen LogP contribution >= 0.6 is 0 Å². The molecule has 3 nitrogen and oxygen atoms in total. The Labute approximate surface area is 95.7 Å². The predicted molar refractivity (Wildman–Crippen MR) is 62.0 cm³/mol. The molecule has 0 spiro atoms. The molecular weight excluding hydrogens is 204 g/mol. The van der Waals surface area contributed by atoms with Gasteiger partial charge in [0.15, 0.2) is 0 Å². The van der Waals surface area contributed by atoms with E-state index in [4.69, 9.17) is 10.2 Å². The van der Waals surface area contributed by atoms with Gasteiger partial charge in [0.05, 0.1) is 0 Å². The van der Waals surface area contributed by atoms with Gasteiger partial charge < -0.3 is 10.2 Å². The Bertz CT molecular complexity index is 302. The van der Waals surface area contributed by atoms with Crippen molar-refractivity contribution in [3.05, 3.63) is 35.9 Å². The van der Waals surface area contributed by atoms with Crippen LogP contribution in [0, 0.1) is 5.92 Å². The van der Waals surface area contributed by atoms with E-state index in [0.29, 0.717) is 19.3 Å². The fourth-order valence-electron chi connectivity index (χ4n) is 1.72. The van der Waals surface area contributed by atoms with Crippen molar-refractivity contribution < 1.29 is 15.0 Å². The number of hydrogen-bond donors (Lipinski definition) is 2. The van der Waals surface area contributed by atoms with Crippen LogP contribution in [0.5, 0.6) is 0 Å². The van der Waals surface area contributed by atoms with E-state index < -0.39 is 0 Å². The summed E-state index contributed by atoms with van der Waals surface area (Å²) in [6, 6.07) is 9.53. The third kappa shape index (κ3) is 4.13. The van der Waals surface area contributed by atoms with Crippen molar-refractivity contribution in [2.24, 2.45) is 5.92 Å². The van der Waals surface area contributed by atoms with Gasteiger partial charge in [-0.2, -0.15) is 0 Å². The van der Waals surface area contributed by atoms with Crippen molar-refractivity contribution in [1.29, 1.82) is 0 Å². The third-order valence-electron chi connectivity index (χ3n) is 2.63. The highest BCUT2D eigenvalue weighted by Gasteiger charge is 2.17. The summed E-state index contributed by atoms with van der Waals surface area (Å²) in [6.07, 6.45) is 1.25. The lowest BCUT2D eigenvalue weighted by molar-refractivity contribution is -0.123. The van der Waals surface area contributed by atoms with E-state index >= 15 is 0 Å². The number of ketones is 1. The summed E-state index contributed by atoms with van der Waals surface area (Å²) in [7, 11) is 0. The van der Waals surface area contributed by atoms with E-state index in [1.54, 1.807) is 0 Å². The first-order valence-electron chi connectivity index (χ1n) is 5.56. The minimum Gasteiger partial charge on any atom is -0.396 e. The summed E-state index contributed by atoms with van der Waals surface area (Å²) in [4.78, 5) is 11.9. The van der Waals surface area contributed by atoms with E-state index in [0.717, 1.165) is 5.56 Å². The van der Waals surface area contributed by atoms with Crippen LogP contribution in [0.15, 0.2) is 30.3 Å². The molecule has 0 radical (unpaired) electrons. The molecule has 0 heterocycles. The topological polar surface area (TPSA) is 57.5 Å². The van der Waals surface area contributed by atoms with Gasteiger partial charge in [0.2, 0.25) is 0 Å². The molecule has 1 aromatic carbocycles. The summed E-state index contributed by atoms with van der Waals surface area (Å²) in [5.41, 5.74) is 0.980. The van der Waals surface area contributed by atoms with Crippen LogP contribution in [0.2, 0.25) is 0 Å². The molecule has 3 heteroatoms. The molecule has 0 bridgehead atoms. The van der Waals surface area contributed by atoms with Crippen molar-refractivity contribution in [2.75, 3.05) is 13.2 Å². The molecule has 0 saturated carbocycles. The fourth-order valence-corrected chi connectivity index (χ4v) is 1.72. The summed E-state index contributed by atoms with van der Waals surface area (Å²) in [6.45, 7) is -0.0175. The Morgan fingerprint density at radius 1 is 1.06 bits per heavy atom. The number of Topliss-reactive ketones (excluding diaryl/α,β-unsaturated/α-hetero) is 1. The van der Waals surface area contributed by atoms with Crippen molar-refractivity contribution in [3.63, 3.8) is 0 Å². The molecular formula is C13H18O3. The number of aliphatic hydroxyl groups is 2. The number of benzene rings is 1. The highest BCUT2D eigenvalue weighted by Crippen LogP contribution is 2.13. The zero-order chi connectivity index (χ0) is 11.8. The van der Waals surface area contributed by atoms with Crippen LogP contribution in [-0.2, 0) is 11.2 Å². The molecule has 1 aromatic rings. The van der Waals surface area contributed by atoms with E-state index in [1.165, 1.54) is 0 Å². The Kier molecular flexibility index (Phi) is 5.75. The van der Waals surface area contributed by atoms with Crippen molar-refractivity contribution in [3.8, 4) is 0 Å². The van der Waals surface area contributed by atoms with Gasteiger partial charge in [-0.25, -0.2) is 0 Å². The molecule has 0 aromatic heterocycles. The molecule has 0 saturated heterocycles. The van der Waals surface area contributed by atoms with Crippen LogP contribution in [0.4, 0.5) is 0 Å². The predicted octanol–water partition coefficient (Wildman–Crippen LogP) is 1.18. The van der Waals surface area contributed by atoms with Crippen LogP contribution < -0.4 is 0 Å². The number of hydrogen-bond acceptors (Lipinski definition) is 3. The molecule has 88 valence electrons. The number of rotatable bonds is 7. The van der Waals surface area contributed by atoms with E-state index in [9.17, 15) is 4.79 Å². The molecule has 0 fully saturated rings. The Balaban J connectivity index is 2.55. The zero-order valence-corrected chi connectivity index (χ0v) is 9.30. The average Bonchev–Trinajstić information content (AvgIpc) is 2.30. The standard InChI is InChI=1S/C13H18O3/c14-8-6-12(7-9-15)13(16)10-11-4-2-1-3-5-11/h1-5,12,14-15H,6-10H2. The number of aliphatic hydroxyl groups excluding tert-OH is 2. The lowest BCUT2D eigenvalue weighted by Gasteiger charge is -2.13. The summed E-state index contributed by atoms with van der Waals surface area (Å²) in [5, 5.41) is 17.7. The maximum atomic E-state index is 11.9. The molecule has 0 aliphatic carbocycles. The lowest BCUT2D eigenvalue weighted by Crippen LogP contribution is -2.19.